The van der Waals surface area contributed by atoms with E-state index >= 15 is 0 Å². The van der Waals surface area contributed by atoms with Gasteiger partial charge in [0.2, 0.25) is 5.09 Å². The van der Waals surface area contributed by atoms with Crippen LogP contribution >= 0.6 is 11.6 Å². The number of halogens is 1. The maximum absolute atomic E-state index is 12.3. The van der Waals surface area contributed by atoms with Crippen LogP contribution < -0.4 is 0 Å². The van der Waals surface area contributed by atoms with Gasteiger partial charge in [-0.15, -0.1) is 11.6 Å². The van der Waals surface area contributed by atoms with Gasteiger partial charge < -0.3 is 4.42 Å². The molecule has 0 aromatic carbocycles. The molecule has 0 bridgehead atoms. The summed E-state index contributed by atoms with van der Waals surface area (Å²) < 4.78 is 31.4. The minimum Gasteiger partial charge on any atom is -0.447 e. The van der Waals surface area contributed by atoms with Crippen molar-refractivity contribution < 1.29 is 12.8 Å². The highest BCUT2D eigenvalue weighted by molar-refractivity contribution is 7.89. The van der Waals surface area contributed by atoms with Crippen molar-refractivity contribution in [2.45, 2.75) is 43.2 Å². The van der Waals surface area contributed by atoms with Crippen molar-refractivity contribution in [3.8, 4) is 0 Å². The van der Waals surface area contributed by atoms with Crippen molar-refractivity contribution >= 4 is 21.6 Å². The monoisotopic (exact) mass is 277 g/mol. The number of hydrogen-bond acceptors (Lipinski definition) is 3. The number of rotatable bonds is 6. The Morgan fingerprint density at radius 2 is 2.18 bits per heavy atom. The third-order valence-corrected chi connectivity index (χ3v) is 4.82. The van der Waals surface area contributed by atoms with Crippen molar-refractivity contribution in [3.63, 3.8) is 0 Å². The summed E-state index contributed by atoms with van der Waals surface area (Å²) in [6.07, 6.45) is 2.70. The van der Waals surface area contributed by atoms with Crippen LogP contribution in [0.1, 0.15) is 31.9 Å². The highest BCUT2D eigenvalue weighted by Crippen LogP contribution is 2.32. The smallest absolute Gasteiger partial charge is 0.276 e. The van der Waals surface area contributed by atoms with Gasteiger partial charge >= 0.3 is 0 Å². The predicted octanol–water partition coefficient (Wildman–Crippen LogP) is 2.58. The average molecular weight is 278 g/mol. The van der Waals surface area contributed by atoms with Crippen molar-refractivity contribution in [2.75, 3.05) is 6.54 Å². The fraction of sp³-hybridized carbons (Fsp3) is 0.636. The molecule has 1 aromatic rings. The first-order chi connectivity index (χ1) is 8.09. The fourth-order valence-corrected chi connectivity index (χ4v) is 3.62. The zero-order valence-electron chi connectivity index (χ0n) is 9.73. The van der Waals surface area contributed by atoms with E-state index < -0.39 is 10.0 Å². The first-order valence-corrected chi connectivity index (χ1v) is 7.73. The van der Waals surface area contributed by atoms with Gasteiger partial charge in [-0.2, -0.15) is 4.31 Å². The lowest BCUT2D eigenvalue weighted by molar-refractivity contribution is 0.365. The van der Waals surface area contributed by atoms with E-state index in [-0.39, 0.29) is 17.0 Å². The van der Waals surface area contributed by atoms with Crippen LogP contribution in [0.3, 0.4) is 0 Å². The molecule has 0 saturated heterocycles. The molecule has 0 amide bonds. The molecule has 1 saturated carbocycles. The van der Waals surface area contributed by atoms with Crippen LogP contribution in [0.2, 0.25) is 0 Å². The largest absolute Gasteiger partial charge is 0.447 e. The van der Waals surface area contributed by atoms with E-state index in [0.29, 0.717) is 12.3 Å². The molecule has 0 atom stereocenters. The fourth-order valence-electron chi connectivity index (χ4n) is 1.77. The quantitative estimate of drug-likeness (QED) is 0.751. The number of nitrogens with zero attached hydrogens (tertiary/aromatic N) is 1. The van der Waals surface area contributed by atoms with Crippen LogP contribution in [0.4, 0.5) is 0 Å². The molecule has 0 aliphatic heterocycles. The first kappa shape index (κ1) is 12.9. The van der Waals surface area contributed by atoms with E-state index in [1.54, 1.807) is 10.4 Å². The third-order valence-electron chi connectivity index (χ3n) is 2.73. The Balaban J connectivity index is 2.26. The Morgan fingerprint density at radius 3 is 2.65 bits per heavy atom. The second-order valence-corrected chi connectivity index (χ2v) is 6.29. The van der Waals surface area contributed by atoms with Crippen LogP contribution in [0.5, 0.6) is 0 Å². The Hall–Kier alpha value is -0.520. The summed E-state index contributed by atoms with van der Waals surface area (Å²) in [4.78, 5) is 0. The SMILES string of the molecule is CCCN(C1CC1)S(=O)(=O)c1ccc(CCl)o1. The van der Waals surface area contributed by atoms with Gasteiger partial charge in [0.25, 0.3) is 10.0 Å². The Bertz CT molecular complexity index is 479. The third kappa shape index (κ3) is 2.67. The molecule has 1 aliphatic rings. The summed E-state index contributed by atoms with van der Waals surface area (Å²) >= 11 is 5.60. The molecule has 0 N–H and O–H groups in total. The number of hydrogen-bond donors (Lipinski definition) is 0. The molecule has 1 fully saturated rings. The molecule has 0 unspecified atom stereocenters. The van der Waals surface area contributed by atoms with Crippen molar-refractivity contribution in [2.24, 2.45) is 0 Å². The first-order valence-electron chi connectivity index (χ1n) is 5.76. The summed E-state index contributed by atoms with van der Waals surface area (Å²) in [6, 6.07) is 3.25. The van der Waals surface area contributed by atoms with Gasteiger partial charge in [0.05, 0.1) is 5.88 Å². The minimum atomic E-state index is -3.48. The lowest BCUT2D eigenvalue weighted by Crippen LogP contribution is -2.33. The zero-order chi connectivity index (χ0) is 12.5. The molecule has 6 heteroatoms. The lowest BCUT2D eigenvalue weighted by Gasteiger charge is -2.19. The van der Waals surface area contributed by atoms with Crippen LogP contribution in [0, 0.1) is 0 Å². The maximum Gasteiger partial charge on any atom is 0.276 e. The van der Waals surface area contributed by atoms with Crippen LogP contribution in [-0.4, -0.2) is 25.3 Å². The van der Waals surface area contributed by atoms with E-state index in [1.165, 1.54) is 6.07 Å². The van der Waals surface area contributed by atoms with Crippen molar-refractivity contribution in [1.82, 2.24) is 4.31 Å². The van der Waals surface area contributed by atoms with Gasteiger partial charge in [-0.25, -0.2) is 8.42 Å². The summed E-state index contributed by atoms with van der Waals surface area (Å²) in [6.45, 7) is 2.52. The van der Waals surface area contributed by atoms with Crippen molar-refractivity contribution in [3.05, 3.63) is 17.9 Å². The van der Waals surface area contributed by atoms with E-state index in [4.69, 9.17) is 16.0 Å². The summed E-state index contributed by atoms with van der Waals surface area (Å²) in [7, 11) is -3.48. The summed E-state index contributed by atoms with van der Waals surface area (Å²) in [5.74, 6) is 0.671. The van der Waals surface area contributed by atoms with Crippen molar-refractivity contribution in [1.29, 1.82) is 0 Å². The van der Waals surface area contributed by atoms with Gasteiger partial charge in [-0.05, 0) is 31.4 Å². The molecule has 17 heavy (non-hydrogen) atoms. The van der Waals surface area contributed by atoms with Gasteiger partial charge in [0.1, 0.15) is 5.76 Å². The molecule has 2 rings (SSSR count). The molecule has 4 nitrogen and oxygen atoms in total. The molecular formula is C11H16ClNO3S. The lowest BCUT2D eigenvalue weighted by atomic mass is 10.5. The second kappa shape index (κ2) is 5.00. The van der Waals surface area contributed by atoms with E-state index in [0.717, 1.165) is 19.3 Å². The second-order valence-electron chi connectivity index (χ2n) is 4.20. The Labute approximate surface area is 107 Å². The van der Waals surface area contributed by atoms with E-state index in [1.807, 2.05) is 6.92 Å². The highest BCUT2D eigenvalue weighted by atomic mass is 35.5. The maximum atomic E-state index is 12.3. The van der Waals surface area contributed by atoms with Gasteiger partial charge in [0, 0.05) is 12.6 Å². The van der Waals surface area contributed by atoms with Crippen LogP contribution in [0.25, 0.3) is 0 Å². The minimum absolute atomic E-state index is 0.00787. The molecule has 0 radical (unpaired) electrons. The Morgan fingerprint density at radius 1 is 1.47 bits per heavy atom. The topological polar surface area (TPSA) is 50.5 Å². The highest BCUT2D eigenvalue weighted by Gasteiger charge is 2.38. The molecule has 96 valence electrons. The molecule has 1 heterocycles. The standard InChI is InChI=1S/C11H16ClNO3S/c1-2-7-13(9-3-4-9)17(14,15)11-6-5-10(8-12)16-11/h5-6,9H,2-4,7-8H2,1H3. The summed E-state index contributed by atoms with van der Waals surface area (Å²) in [5, 5.41) is 0.00787. The molecule has 1 aliphatic carbocycles. The number of alkyl halides is 1. The number of furan rings is 1. The van der Waals surface area contributed by atoms with Gasteiger partial charge in [-0.1, -0.05) is 6.92 Å². The molecule has 1 aromatic heterocycles. The zero-order valence-corrected chi connectivity index (χ0v) is 11.3. The van der Waals surface area contributed by atoms with Crippen LogP contribution in [-0.2, 0) is 15.9 Å². The average Bonchev–Trinajstić information content (AvgIpc) is 3.01. The van der Waals surface area contributed by atoms with Crippen LogP contribution in [0.15, 0.2) is 21.6 Å². The number of sulfonamides is 1. The Kier molecular flexibility index (Phi) is 3.80. The van der Waals surface area contributed by atoms with Gasteiger partial charge in [-0.3, -0.25) is 0 Å². The normalized spacial score (nSPS) is 16.6. The van der Waals surface area contributed by atoms with E-state index in [9.17, 15) is 8.42 Å². The van der Waals surface area contributed by atoms with E-state index in [2.05, 4.69) is 0 Å². The molecule has 0 spiro atoms. The summed E-state index contributed by atoms with van der Waals surface area (Å²) in [5.41, 5.74) is 0. The predicted molar refractivity (Wildman–Crippen MR) is 65.5 cm³/mol. The molecular weight excluding hydrogens is 262 g/mol. The van der Waals surface area contributed by atoms with Gasteiger partial charge in [0.15, 0.2) is 0 Å².